The molecular weight excluding hydrogens is 278 g/mol. The number of nitrogens with zero attached hydrogens (tertiary/aromatic N) is 4. The minimum atomic E-state index is -1.09. The van der Waals surface area contributed by atoms with Crippen molar-refractivity contribution in [2.75, 3.05) is 11.2 Å². The molecule has 1 aliphatic heterocycles. The van der Waals surface area contributed by atoms with Crippen LogP contribution < -0.4 is 17.0 Å². The average molecular weight is 295 g/mol. The molecule has 4 atom stereocenters. The second-order valence-electron chi connectivity index (χ2n) is 4.86. The van der Waals surface area contributed by atoms with E-state index in [0.717, 1.165) is 0 Å². The quantitative estimate of drug-likeness (QED) is 0.343. The summed E-state index contributed by atoms with van der Waals surface area (Å²) in [4.78, 5) is 12.2. The normalized spacial score (nSPS) is 29.1. The van der Waals surface area contributed by atoms with E-state index in [4.69, 9.17) is 16.3 Å². The summed E-state index contributed by atoms with van der Waals surface area (Å²) in [5, 5.41) is 20.1. The highest BCUT2D eigenvalue weighted by molar-refractivity contribution is 5.82. The molecule has 3 rings (SSSR count). The first-order valence-electron chi connectivity index (χ1n) is 6.55. The van der Waals surface area contributed by atoms with E-state index in [2.05, 4.69) is 20.4 Å². The topological polar surface area (TPSA) is 157 Å². The molecule has 2 aromatic rings. The number of aromatic nitrogens is 4. The minimum Gasteiger partial charge on any atom is -0.388 e. The van der Waals surface area contributed by atoms with E-state index in [1.165, 1.54) is 10.9 Å². The molecule has 10 heteroatoms. The van der Waals surface area contributed by atoms with Crippen molar-refractivity contribution in [1.82, 2.24) is 19.5 Å². The molecule has 0 spiro atoms. The van der Waals surface area contributed by atoms with Crippen molar-refractivity contribution in [3.63, 3.8) is 0 Å². The average Bonchev–Trinajstić information content (AvgIpc) is 3.02. The third-order valence-corrected chi connectivity index (χ3v) is 3.59. The van der Waals surface area contributed by atoms with E-state index < -0.39 is 24.5 Å². The first-order chi connectivity index (χ1) is 10.1. The van der Waals surface area contributed by atoms with Crippen LogP contribution in [0.3, 0.4) is 0 Å². The Labute approximate surface area is 119 Å². The molecule has 0 aliphatic carbocycles. The summed E-state index contributed by atoms with van der Waals surface area (Å²) >= 11 is 0. The summed E-state index contributed by atoms with van der Waals surface area (Å²) in [6.07, 6.45) is -1.28. The number of rotatable bonds is 3. The molecular formula is C11H17N7O3. The summed E-state index contributed by atoms with van der Waals surface area (Å²) in [7, 11) is 0. The highest BCUT2D eigenvalue weighted by atomic mass is 16.6. The van der Waals surface area contributed by atoms with Crippen molar-refractivity contribution in [2.45, 2.75) is 37.9 Å². The third-order valence-electron chi connectivity index (χ3n) is 3.59. The van der Waals surface area contributed by atoms with Gasteiger partial charge in [0.15, 0.2) is 17.7 Å². The Morgan fingerprint density at radius 1 is 1.38 bits per heavy atom. The third kappa shape index (κ3) is 2.08. The van der Waals surface area contributed by atoms with Gasteiger partial charge in [0, 0.05) is 0 Å². The monoisotopic (exact) mass is 295 g/mol. The molecule has 0 unspecified atom stereocenters. The van der Waals surface area contributed by atoms with Gasteiger partial charge in [0.25, 0.3) is 0 Å². The maximum Gasteiger partial charge on any atom is 0.241 e. The smallest absolute Gasteiger partial charge is 0.241 e. The van der Waals surface area contributed by atoms with Gasteiger partial charge in [-0.05, 0) is 6.42 Å². The lowest BCUT2D eigenvalue weighted by Gasteiger charge is -2.16. The molecule has 0 amide bonds. The van der Waals surface area contributed by atoms with Gasteiger partial charge >= 0.3 is 0 Å². The zero-order valence-corrected chi connectivity index (χ0v) is 11.3. The Kier molecular flexibility index (Phi) is 3.37. The molecule has 0 radical (unpaired) electrons. The predicted octanol–water partition coefficient (Wildman–Crippen LogP) is -1.28. The van der Waals surface area contributed by atoms with Gasteiger partial charge in [-0.2, -0.15) is 9.97 Å². The molecule has 3 heterocycles. The molecule has 1 fully saturated rings. The predicted molar refractivity (Wildman–Crippen MR) is 73.8 cm³/mol. The highest BCUT2D eigenvalue weighted by Crippen LogP contribution is 2.33. The van der Waals surface area contributed by atoms with Crippen LogP contribution in [-0.4, -0.2) is 48.0 Å². The van der Waals surface area contributed by atoms with E-state index in [-0.39, 0.29) is 11.8 Å². The molecule has 114 valence electrons. The molecule has 0 bridgehead atoms. The van der Waals surface area contributed by atoms with Crippen molar-refractivity contribution < 1.29 is 14.9 Å². The number of imidazole rings is 1. The van der Waals surface area contributed by atoms with Crippen LogP contribution in [0.2, 0.25) is 0 Å². The largest absolute Gasteiger partial charge is 0.388 e. The van der Waals surface area contributed by atoms with Crippen LogP contribution in [0.15, 0.2) is 6.33 Å². The number of aliphatic hydroxyl groups is 2. The number of nitrogens with two attached hydrogens (primary N) is 2. The molecule has 1 saturated heterocycles. The van der Waals surface area contributed by atoms with E-state index >= 15 is 0 Å². The molecule has 0 saturated carbocycles. The van der Waals surface area contributed by atoms with Gasteiger partial charge in [-0.1, -0.05) is 6.92 Å². The summed E-state index contributed by atoms with van der Waals surface area (Å²) in [6, 6.07) is 0. The maximum absolute atomic E-state index is 10.1. The van der Waals surface area contributed by atoms with Gasteiger partial charge in [-0.15, -0.1) is 0 Å². The standard InChI is InChI=1S/C11H17N7O3/c1-2-4-6(19)7(20)10(21-4)18-3-14-5-8(12)15-11(17-13)16-9(5)18/h3-4,6-7,10,19-20H,2,13H2,1H3,(H3,12,15,16,17)/t4-,6-,7-,10-/m1/s1. The lowest BCUT2D eigenvalue weighted by Crippen LogP contribution is -2.31. The first kappa shape index (κ1) is 13.9. The van der Waals surface area contributed by atoms with Gasteiger partial charge in [0.2, 0.25) is 5.95 Å². The van der Waals surface area contributed by atoms with Crippen molar-refractivity contribution in [3.05, 3.63) is 6.33 Å². The Morgan fingerprint density at radius 3 is 2.76 bits per heavy atom. The summed E-state index contributed by atoms with van der Waals surface area (Å²) in [5.74, 6) is 5.58. The van der Waals surface area contributed by atoms with Crippen LogP contribution in [0, 0.1) is 0 Å². The van der Waals surface area contributed by atoms with E-state index in [1.54, 1.807) is 0 Å². The number of fused-ring (bicyclic) bond motifs is 1. The van der Waals surface area contributed by atoms with Gasteiger partial charge in [0.05, 0.1) is 12.4 Å². The Hall–Kier alpha value is -2.01. The fourth-order valence-electron chi connectivity index (χ4n) is 2.49. The molecule has 10 nitrogen and oxygen atoms in total. The Balaban J connectivity index is 2.07. The fourth-order valence-corrected chi connectivity index (χ4v) is 2.49. The van der Waals surface area contributed by atoms with Crippen molar-refractivity contribution >= 4 is 22.9 Å². The lowest BCUT2D eigenvalue weighted by atomic mass is 10.1. The van der Waals surface area contributed by atoms with Crippen LogP contribution >= 0.6 is 0 Å². The van der Waals surface area contributed by atoms with Crippen molar-refractivity contribution in [3.8, 4) is 0 Å². The Bertz CT molecular complexity index is 661. The second-order valence-corrected chi connectivity index (χ2v) is 4.86. The minimum absolute atomic E-state index is 0.127. The van der Waals surface area contributed by atoms with Gasteiger partial charge in [0.1, 0.15) is 17.7 Å². The summed E-state index contributed by atoms with van der Waals surface area (Å²) in [6.45, 7) is 1.87. The number of ether oxygens (including phenoxy) is 1. The molecule has 21 heavy (non-hydrogen) atoms. The number of nitrogens with one attached hydrogen (secondary N) is 1. The second kappa shape index (κ2) is 5.07. The van der Waals surface area contributed by atoms with Crippen molar-refractivity contribution in [1.29, 1.82) is 0 Å². The highest BCUT2D eigenvalue weighted by Gasteiger charge is 2.43. The lowest BCUT2D eigenvalue weighted by molar-refractivity contribution is -0.0355. The molecule has 0 aromatic carbocycles. The molecule has 2 aromatic heterocycles. The van der Waals surface area contributed by atoms with Crippen LogP contribution in [0.25, 0.3) is 11.2 Å². The van der Waals surface area contributed by atoms with Crippen molar-refractivity contribution in [2.24, 2.45) is 5.84 Å². The zero-order chi connectivity index (χ0) is 15.1. The van der Waals surface area contributed by atoms with Crippen LogP contribution in [0.1, 0.15) is 19.6 Å². The van der Waals surface area contributed by atoms with E-state index in [1.807, 2.05) is 6.92 Å². The number of hydrazine groups is 1. The Morgan fingerprint density at radius 2 is 2.14 bits per heavy atom. The van der Waals surface area contributed by atoms with E-state index in [9.17, 15) is 10.2 Å². The number of anilines is 2. The van der Waals surface area contributed by atoms with E-state index in [0.29, 0.717) is 17.6 Å². The number of nitrogen functional groups attached to an aromatic ring is 2. The summed E-state index contributed by atoms with van der Waals surface area (Å²) in [5.41, 5.74) is 8.83. The maximum atomic E-state index is 10.1. The van der Waals surface area contributed by atoms with Gasteiger partial charge in [-0.3, -0.25) is 9.99 Å². The first-order valence-corrected chi connectivity index (χ1v) is 6.55. The molecule has 7 N–H and O–H groups in total. The molecule has 1 aliphatic rings. The van der Waals surface area contributed by atoms with Gasteiger partial charge in [-0.25, -0.2) is 10.8 Å². The summed E-state index contributed by atoms with van der Waals surface area (Å²) < 4.78 is 7.18. The SMILES string of the molecule is CC[C@H]1O[C@@H](n2cnc3c(N)nc(NN)nc32)[C@H](O)[C@@H]1O. The zero-order valence-electron chi connectivity index (χ0n) is 11.3. The number of hydrogen-bond donors (Lipinski definition) is 5. The van der Waals surface area contributed by atoms with Gasteiger partial charge < -0.3 is 20.7 Å². The number of aliphatic hydroxyl groups excluding tert-OH is 2. The fraction of sp³-hybridized carbons (Fsp3) is 0.545. The number of hydrogen-bond acceptors (Lipinski definition) is 9. The van der Waals surface area contributed by atoms with Crippen LogP contribution in [0.4, 0.5) is 11.8 Å². The van der Waals surface area contributed by atoms with Crippen LogP contribution in [0.5, 0.6) is 0 Å². The van der Waals surface area contributed by atoms with Crippen LogP contribution in [-0.2, 0) is 4.74 Å².